The van der Waals surface area contributed by atoms with E-state index in [0.717, 1.165) is 99.0 Å². The lowest BCUT2D eigenvalue weighted by atomic mass is 9.49. The molecule has 1 unspecified atom stereocenters. The predicted molar refractivity (Wildman–Crippen MR) is 123 cm³/mol. The van der Waals surface area contributed by atoms with Crippen molar-refractivity contribution in [3.63, 3.8) is 0 Å². The normalized spacial score (nSPS) is 50.2. The van der Waals surface area contributed by atoms with Gasteiger partial charge in [0.05, 0.1) is 5.41 Å². The van der Waals surface area contributed by atoms with E-state index in [2.05, 4.69) is 16.7 Å². The van der Waals surface area contributed by atoms with Crippen LogP contribution in [-0.2, 0) is 9.59 Å². The van der Waals surface area contributed by atoms with Crippen molar-refractivity contribution in [2.24, 2.45) is 46.3 Å². The molecule has 0 aliphatic heterocycles. The lowest BCUT2D eigenvalue weighted by Crippen LogP contribution is -2.55. The number of amides is 2. The van der Waals surface area contributed by atoms with Crippen LogP contribution in [0.15, 0.2) is 11.8 Å². The fraction of sp³-hybridized carbons (Fsp3) is 0.857. The Morgan fingerprint density at radius 3 is 1.53 bits per heavy atom. The molecule has 32 heavy (non-hydrogen) atoms. The monoisotopic (exact) mass is 436 g/mol. The van der Waals surface area contributed by atoms with Gasteiger partial charge in [-0.25, -0.2) is 0 Å². The second kappa shape index (κ2) is 7.09. The Morgan fingerprint density at radius 1 is 0.688 bits per heavy atom. The number of nitrogens with one attached hydrogen (secondary N) is 2. The van der Waals surface area contributed by atoms with Crippen LogP contribution >= 0.6 is 0 Å². The van der Waals surface area contributed by atoms with Gasteiger partial charge in [0.2, 0.25) is 11.8 Å². The highest BCUT2D eigenvalue weighted by atomic mass is 16.2. The first-order chi connectivity index (χ1) is 15.5. The zero-order valence-electron chi connectivity index (χ0n) is 19.5. The third-order valence-corrected chi connectivity index (χ3v) is 11.1. The van der Waals surface area contributed by atoms with Crippen molar-refractivity contribution in [2.75, 3.05) is 0 Å². The van der Waals surface area contributed by atoms with Gasteiger partial charge in [0.1, 0.15) is 0 Å². The minimum absolute atomic E-state index is 0.0501. The van der Waals surface area contributed by atoms with Gasteiger partial charge in [0.15, 0.2) is 0 Å². The number of hydrogen-bond acceptors (Lipinski definition) is 2. The molecule has 2 N–H and O–H groups in total. The minimum atomic E-state index is -0.0703. The first-order valence-electron chi connectivity index (χ1n) is 13.8. The number of rotatable bonds is 4. The molecule has 4 heteroatoms. The van der Waals surface area contributed by atoms with Crippen LogP contribution in [0.2, 0.25) is 0 Å². The van der Waals surface area contributed by atoms with Gasteiger partial charge in [-0.3, -0.25) is 9.59 Å². The highest BCUT2D eigenvalue weighted by Crippen LogP contribution is 2.61. The maximum atomic E-state index is 13.4. The zero-order chi connectivity index (χ0) is 21.5. The van der Waals surface area contributed by atoms with Crippen molar-refractivity contribution in [1.82, 2.24) is 10.6 Å². The van der Waals surface area contributed by atoms with Crippen LogP contribution < -0.4 is 10.6 Å². The van der Waals surface area contributed by atoms with E-state index in [0.29, 0.717) is 11.8 Å². The highest BCUT2D eigenvalue weighted by molar-refractivity contribution is 5.85. The first kappa shape index (κ1) is 20.1. The minimum Gasteiger partial charge on any atom is -0.353 e. The topological polar surface area (TPSA) is 58.2 Å². The van der Waals surface area contributed by atoms with Crippen LogP contribution in [0.4, 0.5) is 0 Å². The van der Waals surface area contributed by atoms with Gasteiger partial charge in [-0.1, -0.05) is 6.08 Å². The summed E-state index contributed by atoms with van der Waals surface area (Å²) < 4.78 is 0. The van der Waals surface area contributed by atoms with Crippen molar-refractivity contribution >= 4 is 11.8 Å². The van der Waals surface area contributed by atoms with Crippen LogP contribution in [0.25, 0.3) is 0 Å². The molecular formula is C28H40N2O2. The summed E-state index contributed by atoms with van der Waals surface area (Å²) in [6.45, 7) is 0. The molecular weight excluding hydrogens is 396 g/mol. The van der Waals surface area contributed by atoms with Crippen molar-refractivity contribution in [3.05, 3.63) is 11.8 Å². The summed E-state index contributed by atoms with van der Waals surface area (Å²) in [4.78, 5) is 26.7. The van der Waals surface area contributed by atoms with Crippen molar-refractivity contribution in [2.45, 2.75) is 102 Å². The Hall–Kier alpha value is -1.32. The zero-order valence-corrected chi connectivity index (χ0v) is 19.5. The SMILES string of the molecule is O=C(NC1=CCC(NC(=O)C23CC4CC(CC(C4)C2)C3)CC1)C12CC3CC(CC(C3)C1)C2. The number of carbonyl (C=O) groups is 2. The molecule has 0 radical (unpaired) electrons. The molecule has 9 rings (SSSR count). The molecule has 0 spiro atoms. The molecule has 0 aromatic rings. The average Bonchev–Trinajstić information content (AvgIpc) is 2.73. The molecule has 8 fully saturated rings. The summed E-state index contributed by atoms with van der Waals surface area (Å²) in [5, 5.41) is 6.83. The highest BCUT2D eigenvalue weighted by Gasteiger charge is 2.56. The number of hydrogen-bond donors (Lipinski definition) is 2. The summed E-state index contributed by atoms with van der Waals surface area (Å²) in [5.41, 5.74) is 0.996. The van der Waals surface area contributed by atoms with Gasteiger partial charge >= 0.3 is 0 Å². The Balaban J connectivity index is 0.967. The average molecular weight is 437 g/mol. The van der Waals surface area contributed by atoms with Crippen molar-refractivity contribution < 1.29 is 9.59 Å². The molecule has 9 aliphatic rings. The van der Waals surface area contributed by atoms with E-state index in [4.69, 9.17) is 0 Å². The Labute approximate surface area is 192 Å². The third-order valence-electron chi connectivity index (χ3n) is 11.1. The van der Waals surface area contributed by atoms with Gasteiger partial charge in [0.25, 0.3) is 0 Å². The van der Waals surface area contributed by atoms with Crippen molar-refractivity contribution in [1.29, 1.82) is 0 Å². The fourth-order valence-electron chi connectivity index (χ4n) is 10.5. The summed E-state index contributed by atoms with van der Waals surface area (Å²) >= 11 is 0. The standard InChI is InChI=1S/C28H40N2O2/c31-25(27-11-17-5-18(12-27)7-19(6-17)13-27)29-23-1-2-24(4-3-23)30-26(32)28-14-20-8-21(15-28)10-22(9-20)16-28/h1,17-22,24H,2-16H2,(H,29,31)(H,30,32). The van der Waals surface area contributed by atoms with Gasteiger partial charge in [0, 0.05) is 17.2 Å². The molecule has 1 atom stereocenters. The summed E-state index contributed by atoms with van der Waals surface area (Å²) in [5.74, 6) is 5.51. The van der Waals surface area contributed by atoms with E-state index in [1.807, 2.05) is 0 Å². The van der Waals surface area contributed by atoms with Crippen molar-refractivity contribution in [3.8, 4) is 0 Å². The predicted octanol–water partition coefficient (Wildman–Crippen LogP) is 5.09. The lowest BCUT2D eigenvalue weighted by molar-refractivity contribution is -0.147. The number of carbonyl (C=O) groups excluding carboxylic acids is 2. The third kappa shape index (κ3) is 3.21. The second-order valence-corrected chi connectivity index (χ2v) is 13.5. The van der Waals surface area contributed by atoms with Crippen LogP contribution in [0, 0.1) is 46.3 Å². The Kier molecular flexibility index (Phi) is 4.45. The van der Waals surface area contributed by atoms with E-state index in [1.54, 1.807) is 0 Å². The molecule has 8 bridgehead atoms. The van der Waals surface area contributed by atoms with Crippen LogP contribution in [0.1, 0.15) is 96.3 Å². The second-order valence-electron chi connectivity index (χ2n) is 13.5. The van der Waals surface area contributed by atoms with E-state index in [1.165, 1.54) is 38.5 Å². The molecule has 4 nitrogen and oxygen atoms in total. The fourth-order valence-corrected chi connectivity index (χ4v) is 10.5. The van der Waals surface area contributed by atoms with E-state index in [9.17, 15) is 9.59 Å². The maximum Gasteiger partial charge on any atom is 0.230 e. The smallest absolute Gasteiger partial charge is 0.230 e. The molecule has 8 saturated carbocycles. The lowest BCUT2D eigenvalue weighted by Gasteiger charge is -2.56. The Bertz CT molecular complexity index is 787. The van der Waals surface area contributed by atoms with Gasteiger partial charge in [-0.15, -0.1) is 0 Å². The molecule has 0 aromatic carbocycles. The first-order valence-corrected chi connectivity index (χ1v) is 13.8. The molecule has 174 valence electrons. The van der Waals surface area contributed by atoms with Gasteiger partial charge in [-0.2, -0.15) is 0 Å². The summed E-state index contributed by atoms with van der Waals surface area (Å²) in [6, 6.07) is 0.246. The van der Waals surface area contributed by atoms with E-state index in [-0.39, 0.29) is 16.9 Å². The summed E-state index contributed by atoms with van der Waals surface area (Å²) in [7, 11) is 0. The molecule has 2 amide bonds. The molecule has 0 saturated heterocycles. The summed E-state index contributed by atoms with van der Waals surface area (Å²) in [6.07, 6.45) is 20.0. The van der Waals surface area contributed by atoms with Crippen LogP contribution in [0.3, 0.4) is 0 Å². The number of allylic oxidation sites excluding steroid dienone is 1. The van der Waals surface area contributed by atoms with E-state index >= 15 is 0 Å². The van der Waals surface area contributed by atoms with Gasteiger partial charge < -0.3 is 10.6 Å². The largest absolute Gasteiger partial charge is 0.353 e. The quantitative estimate of drug-likeness (QED) is 0.645. The molecule has 0 heterocycles. The van der Waals surface area contributed by atoms with Crippen LogP contribution in [-0.4, -0.2) is 17.9 Å². The van der Waals surface area contributed by atoms with Crippen LogP contribution in [0.5, 0.6) is 0 Å². The van der Waals surface area contributed by atoms with Gasteiger partial charge in [-0.05, 0) is 132 Å². The Morgan fingerprint density at radius 2 is 1.12 bits per heavy atom. The molecule has 9 aliphatic carbocycles. The van der Waals surface area contributed by atoms with E-state index < -0.39 is 0 Å². The molecule has 0 aromatic heterocycles. The maximum absolute atomic E-state index is 13.4.